The zero-order valence-corrected chi connectivity index (χ0v) is 14.4. The molecule has 1 aliphatic rings. The standard InChI is InChI=1S/C15H16Cl2O6/c1-20-11-4-8(5-12(21-2)13(11)22-3)10(18)7-23-14(19)9-6-15(9,16)17/h4-5,9H,6-7H2,1-3H3. The van der Waals surface area contributed by atoms with Crippen molar-refractivity contribution in [3.8, 4) is 17.2 Å². The number of ether oxygens (including phenoxy) is 4. The Morgan fingerprint density at radius 1 is 1.13 bits per heavy atom. The lowest BCUT2D eigenvalue weighted by atomic mass is 10.1. The molecule has 1 aromatic rings. The Labute approximate surface area is 143 Å². The van der Waals surface area contributed by atoms with Crippen LogP contribution in [0.25, 0.3) is 0 Å². The number of esters is 1. The van der Waals surface area contributed by atoms with Gasteiger partial charge in [-0.15, -0.1) is 23.2 Å². The molecule has 23 heavy (non-hydrogen) atoms. The average molecular weight is 363 g/mol. The first-order valence-corrected chi connectivity index (χ1v) is 7.47. The summed E-state index contributed by atoms with van der Waals surface area (Å²) in [5.41, 5.74) is 0.270. The minimum atomic E-state index is -1.08. The minimum absolute atomic E-state index is 0.270. The van der Waals surface area contributed by atoms with Crippen molar-refractivity contribution in [1.82, 2.24) is 0 Å². The van der Waals surface area contributed by atoms with Crippen molar-refractivity contribution in [3.63, 3.8) is 0 Å². The van der Waals surface area contributed by atoms with Crippen LogP contribution in [0.4, 0.5) is 0 Å². The highest BCUT2D eigenvalue weighted by atomic mass is 35.5. The number of Topliss-reactive ketones (excluding diaryl/α,β-unsaturated/α-hetero) is 1. The lowest BCUT2D eigenvalue weighted by Gasteiger charge is -2.13. The van der Waals surface area contributed by atoms with Crippen molar-refractivity contribution in [2.75, 3.05) is 27.9 Å². The molecule has 0 amide bonds. The summed E-state index contributed by atoms with van der Waals surface area (Å²) in [5.74, 6) is -0.536. The van der Waals surface area contributed by atoms with E-state index in [0.717, 1.165) is 0 Å². The quantitative estimate of drug-likeness (QED) is 0.421. The van der Waals surface area contributed by atoms with Crippen LogP contribution in [0.3, 0.4) is 0 Å². The summed E-state index contributed by atoms with van der Waals surface area (Å²) in [5, 5.41) is 0. The topological polar surface area (TPSA) is 71.1 Å². The van der Waals surface area contributed by atoms with Gasteiger partial charge in [-0.05, 0) is 18.6 Å². The van der Waals surface area contributed by atoms with Gasteiger partial charge in [0, 0.05) is 5.56 Å². The van der Waals surface area contributed by atoms with E-state index in [9.17, 15) is 9.59 Å². The molecule has 8 heteroatoms. The van der Waals surface area contributed by atoms with Crippen LogP contribution in [-0.2, 0) is 9.53 Å². The number of methoxy groups -OCH3 is 3. The van der Waals surface area contributed by atoms with Gasteiger partial charge in [-0.3, -0.25) is 9.59 Å². The van der Waals surface area contributed by atoms with Crippen LogP contribution in [-0.4, -0.2) is 44.0 Å². The van der Waals surface area contributed by atoms with E-state index >= 15 is 0 Å². The monoisotopic (exact) mass is 362 g/mol. The minimum Gasteiger partial charge on any atom is -0.493 e. The smallest absolute Gasteiger partial charge is 0.312 e. The molecule has 0 saturated heterocycles. The van der Waals surface area contributed by atoms with Crippen LogP contribution >= 0.6 is 23.2 Å². The highest BCUT2D eigenvalue weighted by Gasteiger charge is 2.57. The average Bonchev–Trinajstić information content (AvgIpc) is 3.19. The van der Waals surface area contributed by atoms with Gasteiger partial charge in [-0.1, -0.05) is 0 Å². The van der Waals surface area contributed by atoms with E-state index in [4.69, 9.17) is 42.1 Å². The van der Waals surface area contributed by atoms with Gasteiger partial charge in [0.15, 0.2) is 18.1 Å². The second kappa shape index (κ2) is 6.84. The summed E-state index contributed by atoms with van der Waals surface area (Å²) >= 11 is 11.6. The molecule has 1 unspecified atom stereocenters. The number of halogens is 2. The summed E-state index contributed by atoms with van der Waals surface area (Å²) in [4.78, 5) is 23.9. The Balaban J connectivity index is 2.08. The van der Waals surface area contributed by atoms with E-state index in [1.807, 2.05) is 0 Å². The van der Waals surface area contributed by atoms with E-state index < -0.39 is 28.6 Å². The number of hydrogen-bond acceptors (Lipinski definition) is 6. The largest absolute Gasteiger partial charge is 0.493 e. The second-order valence-electron chi connectivity index (χ2n) is 4.96. The van der Waals surface area contributed by atoms with Gasteiger partial charge < -0.3 is 18.9 Å². The van der Waals surface area contributed by atoms with Crippen molar-refractivity contribution >= 4 is 35.0 Å². The molecule has 2 rings (SSSR count). The maximum absolute atomic E-state index is 12.2. The number of ketones is 1. The Bertz CT molecular complexity index is 603. The molecule has 6 nitrogen and oxygen atoms in total. The fraction of sp³-hybridized carbons (Fsp3) is 0.467. The summed E-state index contributed by atoms with van der Waals surface area (Å²) in [6.45, 7) is -0.419. The first-order valence-electron chi connectivity index (χ1n) is 6.71. The highest BCUT2D eigenvalue weighted by Crippen LogP contribution is 2.53. The molecule has 1 atom stereocenters. The maximum Gasteiger partial charge on any atom is 0.312 e. The van der Waals surface area contributed by atoms with Crippen molar-refractivity contribution in [2.24, 2.45) is 5.92 Å². The third-order valence-electron chi connectivity index (χ3n) is 3.44. The van der Waals surface area contributed by atoms with E-state index in [2.05, 4.69) is 0 Å². The summed E-state index contributed by atoms with van der Waals surface area (Å²) in [6.07, 6.45) is 0.327. The first-order chi connectivity index (χ1) is 10.8. The summed E-state index contributed by atoms with van der Waals surface area (Å²) < 4.78 is 19.4. The summed E-state index contributed by atoms with van der Waals surface area (Å²) in [7, 11) is 4.35. The fourth-order valence-corrected chi connectivity index (χ4v) is 2.52. The lowest BCUT2D eigenvalue weighted by molar-refractivity contribution is -0.144. The number of carbonyl (C=O) groups is 2. The third-order valence-corrected chi connectivity index (χ3v) is 4.28. The highest BCUT2D eigenvalue weighted by molar-refractivity contribution is 6.52. The molecule has 0 aromatic heterocycles. The van der Waals surface area contributed by atoms with Crippen molar-refractivity contribution in [2.45, 2.75) is 10.8 Å². The van der Waals surface area contributed by atoms with E-state index in [1.54, 1.807) is 0 Å². The molecular formula is C15H16Cl2O6. The van der Waals surface area contributed by atoms with Crippen LogP contribution in [0.1, 0.15) is 16.8 Å². The van der Waals surface area contributed by atoms with Crippen molar-refractivity contribution in [3.05, 3.63) is 17.7 Å². The molecule has 1 aliphatic carbocycles. The molecule has 0 aliphatic heterocycles. The predicted molar refractivity (Wildman–Crippen MR) is 83.9 cm³/mol. The first kappa shape index (κ1) is 17.7. The lowest BCUT2D eigenvalue weighted by Crippen LogP contribution is -2.17. The Morgan fingerprint density at radius 2 is 1.65 bits per heavy atom. The number of carbonyl (C=O) groups excluding carboxylic acids is 2. The Morgan fingerprint density at radius 3 is 2.04 bits per heavy atom. The second-order valence-corrected chi connectivity index (χ2v) is 6.51. The number of rotatable bonds is 7. The normalized spacial score (nSPS) is 18.0. The van der Waals surface area contributed by atoms with Gasteiger partial charge in [-0.25, -0.2) is 0 Å². The fourth-order valence-electron chi connectivity index (χ4n) is 2.03. The number of alkyl halides is 2. The zero-order valence-electron chi connectivity index (χ0n) is 12.9. The van der Waals surface area contributed by atoms with Crippen molar-refractivity contribution in [1.29, 1.82) is 0 Å². The van der Waals surface area contributed by atoms with Crippen LogP contribution in [0, 0.1) is 5.92 Å². The number of hydrogen-bond donors (Lipinski definition) is 0. The Kier molecular flexibility index (Phi) is 5.26. The molecule has 0 spiro atoms. The van der Waals surface area contributed by atoms with E-state index in [-0.39, 0.29) is 5.56 Å². The van der Waals surface area contributed by atoms with Crippen LogP contribution in [0.15, 0.2) is 12.1 Å². The van der Waals surface area contributed by atoms with Crippen LogP contribution in [0.5, 0.6) is 17.2 Å². The van der Waals surface area contributed by atoms with E-state index in [1.165, 1.54) is 33.5 Å². The molecule has 1 fully saturated rings. The van der Waals surface area contributed by atoms with Gasteiger partial charge >= 0.3 is 5.97 Å². The van der Waals surface area contributed by atoms with E-state index in [0.29, 0.717) is 23.7 Å². The van der Waals surface area contributed by atoms with Crippen LogP contribution in [0.2, 0.25) is 0 Å². The van der Waals surface area contributed by atoms with Gasteiger partial charge in [0.05, 0.1) is 27.2 Å². The molecule has 0 radical (unpaired) electrons. The van der Waals surface area contributed by atoms with Crippen LogP contribution < -0.4 is 14.2 Å². The Hall–Kier alpha value is -1.66. The molecule has 1 aromatic carbocycles. The van der Waals surface area contributed by atoms with Gasteiger partial charge in [0.2, 0.25) is 11.5 Å². The molecule has 0 bridgehead atoms. The predicted octanol–water partition coefficient (Wildman–Crippen LogP) is 2.63. The SMILES string of the molecule is COc1cc(C(=O)COC(=O)C2CC2(Cl)Cl)cc(OC)c1OC. The molecular weight excluding hydrogens is 347 g/mol. The van der Waals surface area contributed by atoms with Gasteiger partial charge in [0.1, 0.15) is 4.33 Å². The molecule has 126 valence electrons. The summed E-state index contributed by atoms with van der Waals surface area (Å²) in [6, 6.07) is 2.98. The zero-order chi connectivity index (χ0) is 17.2. The van der Waals surface area contributed by atoms with Gasteiger partial charge in [-0.2, -0.15) is 0 Å². The van der Waals surface area contributed by atoms with Crippen molar-refractivity contribution < 1.29 is 28.5 Å². The van der Waals surface area contributed by atoms with Gasteiger partial charge in [0.25, 0.3) is 0 Å². The molecule has 0 heterocycles. The molecule has 1 saturated carbocycles. The third kappa shape index (κ3) is 3.82. The number of benzene rings is 1. The molecule has 0 N–H and O–H groups in total. The maximum atomic E-state index is 12.2.